The smallest absolute Gasteiger partial charge is 0.194 e. The highest BCUT2D eigenvalue weighted by Crippen LogP contribution is 2.21. The van der Waals surface area contributed by atoms with Crippen molar-refractivity contribution in [1.29, 1.82) is 0 Å². The summed E-state index contributed by atoms with van der Waals surface area (Å²) in [5.41, 5.74) is 2.43. The molecule has 0 spiro atoms. The number of fused-ring (bicyclic) bond motifs is 1. The van der Waals surface area contributed by atoms with E-state index < -0.39 is 0 Å². The average molecular weight is 263 g/mol. The zero-order valence-corrected chi connectivity index (χ0v) is 12.6. The monoisotopic (exact) mass is 263 g/mol. The summed E-state index contributed by atoms with van der Waals surface area (Å²) in [6, 6.07) is 0. The zero-order valence-electron chi connectivity index (χ0n) is 11.7. The van der Waals surface area contributed by atoms with Gasteiger partial charge < -0.3 is 5.32 Å². The van der Waals surface area contributed by atoms with Crippen molar-refractivity contribution in [2.75, 3.05) is 6.54 Å². The molecule has 3 nitrogen and oxygen atoms in total. The minimum absolute atomic E-state index is 0.158. The zero-order chi connectivity index (χ0) is 13.3. The van der Waals surface area contributed by atoms with Crippen molar-refractivity contribution in [1.82, 2.24) is 14.7 Å². The Morgan fingerprint density at radius 2 is 2.11 bits per heavy atom. The Morgan fingerprint density at radius 3 is 2.78 bits per heavy atom. The molecule has 2 heterocycles. The van der Waals surface area contributed by atoms with E-state index >= 15 is 0 Å². The summed E-state index contributed by atoms with van der Waals surface area (Å²) in [7, 11) is 0. The van der Waals surface area contributed by atoms with E-state index in [2.05, 4.69) is 67.7 Å². The summed E-state index contributed by atoms with van der Waals surface area (Å²) in [5.74, 6) is 0. The third kappa shape index (κ3) is 3.00. The second-order valence-corrected chi connectivity index (χ2v) is 6.82. The van der Waals surface area contributed by atoms with Crippen LogP contribution in [0.5, 0.6) is 0 Å². The molecule has 0 unspecified atom stereocenters. The standard InChI is InChI=1S/C14H21N3S/c1-10-9-17-12(11(2)16-13(17)18-10)7-6-8-15-14(3,4)5/h6-7,9,15H,8H2,1-5H3. The number of nitrogens with zero attached hydrogens (tertiary/aromatic N) is 2. The maximum absolute atomic E-state index is 4.57. The fraction of sp³-hybridized carbons (Fsp3) is 0.500. The first-order valence-corrected chi connectivity index (χ1v) is 7.05. The Bertz CT molecular complexity index is 570. The summed E-state index contributed by atoms with van der Waals surface area (Å²) >= 11 is 1.73. The Kier molecular flexibility index (Phi) is 3.59. The topological polar surface area (TPSA) is 29.3 Å². The minimum atomic E-state index is 0.158. The van der Waals surface area contributed by atoms with Gasteiger partial charge in [0.2, 0.25) is 0 Å². The molecule has 0 aliphatic heterocycles. The van der Waals surface area contributed by atoms with Crippen LogP contribution in [-0.4, -0.2) is 21.5 Å². The highest BCUT2D eigenvalue weighted by Gasteiger charge is 2.09. The lowest BCUT2D eigenvalue weighted by Gasteiger charge is -2.18. The van der Waals surface area contributed by atoms with Gasteiger partial charge in [0, 0.05) is 23.2 Å². The second-order valence-electron chi connectivity index (χ2n) is 5.61. The predicted molar refractivity (Wildman–Crippen MR) is 79.3 cm³/mol. The van der Waals surface area contributed by atoms with Crippen LogP contribution in [0.4, 0.5) is 0 Å². The number of hydrogen-bond acceptors (Lipinski definition) is 3. The van der Waals surface area contributed by atoms with Gasteiger partial charge in [-0.15, -0.1) is 11.3 Å². The van der Waals surface area contributed by atoms with Crippen molar-refractivity contribution in [3.8, 4) is 0 Å². The second kappa shape index (κ2) is 4.86. The molecule has 0 saturated heterocycles. The quantitative estimate of drug-likeness (QED) is 0.919. The van der Waals surface area contributed by atoms with E-state index in [1.165, 1.54) is 10.6 Å². The number of hydrogen-bond donors (Lipinski definition) is 1. The minimum Gasteiger partial charge on any atom is -0.309 e. The van der Waals surface area contributed by atoms with E-state index in [0.717, 1.165) is 17.2 Å². The van der Waals surface area contributed by atoms with Crippen LogP contribution in [0.15, 0.2) is 12.3 Å². The van der Waals surface area contributed by atoms with Gasteiger partial charge in [-0.1, -0.05) is 6.08 Å². The lowest BCUT2D eigenvalue weighted by Crippen LogP contribution is -2.35. The third-order valence-corrected chi connectivity index (χ3v) is 3.59. The van der Waals surface area contributed by atoms with Gasteiger partial charge in [0.1, 0.15) is 0 Å². The third-order valence-electron chi connectivity index (χ3n) is 2.69. The van der Waals surface area contributed by atoms with Crippen LogP contribution < -0.4 is 5.32 Å². The number of aromatic nitrogens is 2. The maximum Gasteiger partial charge on any atom is 0.194 e. The molecule has 0 saturated carbocycles. The van der Waals surface area contributed by atoms with Gasteiger partial charge in [0.05, 0.1) is 11.4 Å². The van der Waals surface area contributed by atoms with Crippen LogP contribution in [0.2, 0.25) is 0 Å². The van der Waals surface area contributed by atoms with Crippen molar-refractivity contribution < 1.29 is 0 Å². The molecule has 0 aromatic carbocycles. The van der Waals surface area contributed by atoms with E-state index in [1.807, 2.05) is 0 Å². The van der Waals surface area contributed by atoms with Gasteiger partial charge >= 0.3 is 0 Å². The molecule has 0 aliphatic rings. The van der Waals surface area contributed by atoms with E-state index in [-0.39, 0.29) is 5.54 Å². The normalized spacial score (nSPS) is 12.9. The summed E-state index contributed by atoms with van der Waals surface area (Å²) in [6.07, 6.45) is 6.46. The largest absolute Gasteiger partial charge is 0.309 e. The summed E-state index contributed by atoms with van der Waals surface area (Å²) in [6.45, 7) is 11.6. The van der Waals surface area contributed by atoms with Gasteiger partial charge in [-0.05, 0) is 40.7 Å². The molecular weight excluding hydrogens is 242 g/mol. The first-order chi connectivity index (χ1) is 8.37. The fourth-order valence-electron chi connectivity index (χ4n) is 1.82. The SMILES string of the molecule is Cc1cn2c(C=CCNC(C)(C)C)c(C)nc2s1. The molecule has 98 valence electrons. The van der Waals surface area contributed by atoms with E-state index in [4.69, 9.17) is 0 Å². The lowest BCUT2D eigenvalue weighted by molar-refractivity contribution is 0.450. The maximum atomic E-state index is 4.57. The first kappa shape index (κ1) is 13.3. The van der Waals surface area contributed by atoms with Crippen LogP contribution in [-0.2, 0) is 0 Å². The van der Waals surface area contributed by atoms with Crippen LogP contribution in [0, 0.1) is 13.8 Å². The lowest BCUT2D eigenvalue weighted by atomic mass is 10.1. The molecule has 18 heavy (non-hydrogen) atoms. The highest BCUT2D eigenvalue weighted by molar-refractivity contribution is 7.17. The summed E-state index contributed by atoms with van der Waals surface area (Å²) < 4.78 is 2.17. The fourth-order valence-corrected chi connectivity index (χ4v) is 2.70. The van der Waals surface area contributed by atoms with E-state index in [1.54, 1.807) is 11.3 Å². The van der Waals surface area contributed by atoms with Crippen molar-refractivity contribution in [3.63, 3.8) is 0 Å². The molecule has 0 aliphatic carbocycles. The van der Waals surface area contributed by atoms with Crippen molar-refractivity contribution in [2.24, 2.45) is 0 Å². The molecule has 2 aromatic rings. The van der Waals surface area contributed by atoms with Crippen molar-refractivity contribution in [2.45, 2.75) is 40.2 Å². The van der Waals surface area contributed by atoms with Gasteiger partial charge in [-0.25, -0.2) is 4.98 Å². The summed E-state index contributed by atoms with van der Waals surface area (Å²) in [4.78, 5) is 6.94. The molecule has 0 atom stereocenters. The van der Waals surface area contributed by atoms with Crippen LogP contribution in [0.1, 0.15) is 37.0 Å². The van der Waals surface area contributed by atoms with Crippen LogP contribution in [0.3, 0.4) is 0 Å². The van der Waals surface area contributed by atoms with Crippen LogP contribution in [0.25, 0.3) is 11.0 Å². The molecule has 0 radical (unpaired) electrons. The first-order valence-electron chi connectivity index (χ1n) is 6.23. The highest BCUT2D eigenvalue weighted by atomic mass is 32.1. The van der Waals surface area contributed by atoms with Crippen LogP contribution >= 0.6 is 11.3 Å². The Balaban J connectivity index is 2.15. The number of nitrogens with one attached hydrogen (secondary N) is 1. The molecule has 4 heteroatoms. The molecular formula is C14H21N3S. The van der Waals surface area contributed by atoms with Crippen molar-refractivity contribution >= 4 is 22.4 Å². The van der Waals surface area contributed by atoms with Gasteiger partial charge in [-0.3, -0.25) is 4.40 Å². The number of rotatable bonds is 3. The Labute approximate surface area is 113 Å². The Morgan fingerprint density at radius 1 is 1.39 bits per heavy atom. The van der Waals surface area contributed by atoms with E-state index in [9.17, 15) is 0 Å². The predicted octanol–water partition coefficient (Wildman–Crippen LogP) is 3.41. The Hall–Kier alpha value is -1.13. The molecule has 0 bridgehead atoms. The van der Waals surface area contributed by atoms with Gasteiger partial charge in [0.15, 0.2) is 4.96 Å². The number of thiazole rings is 1. The average Bonchev–Trinajstić information content (AvgIpc) is 2.68. The molecule has 0 fully saturated rings. The number of aryl methyl sites for hydroxylation is 2. The molecule has 2 aromatic heterocycles. The summed E-state index contributed by atoms with van der Waals surface area (Å²) in [5, 5.41) is 3.44. The van der Waals surface area contributed by atoms with Crippen molar-refractivity contribution in [3.05, 3.63) is 28.5 Å². The van der Waals surface area contributed by atoms with E-state index in [0.29, 0.717) is 0 Å². The number of imidazole rings is 1. The molecule has 2 rings (SSSR count). The molecule has 1 N–H and O–H groups in total. The van der Waals surface area contributed by atoms with Gasteiger partial charge in [-0.2, -0.15) is 0 Å². The van der Waals surface area contributed by atoms with Gasteiger partial charge in [0.25, 0.3) is 0 Å². The molecule has 0 amide bonds.